The Labute approximate surface area is 265 Å². The summed E-state index contributed by atoms with van der Waals surface area (Å²) in [5, 5.41) is 11.6. The first kappa shape index (κ1) is 31.7. The van der Waals surface area contributed by atoms with E-state index in [4.69, 9.17) is 0 Å². The van der Waals surface area contributed by atoms with Gasteiger partial charge in [0.2, 0.25) is 0 Å². The number of benzene rings is 2. The van der Waals surface area contributed by atoms with Gasteiger partial charge in [-0.15, -0.1) is 10.2 Å². The van der Waals surface area contributed by atoms with Crippen molar-refractivity contribution in [2.45, 2.75) is 64.0 Å². The van der Waals surface area contributed by atoms with Crippen LogP contribution in [0.15, 0.2) is 42.7 Å². The molecule has 0 radical (unpaired) electrons. The number of aryl methyl sites for hydroxylation is 1. The summed E-state index contributed by atoms with van der Waals surface area (Å²) in [7, 11) is 1.89. The number of carbonyl (C=O) groups is 2. The molecule has 3 heterocycles. The van der Waals surface area contributed by atoms with Crippen molar-refractivity contribution in [2.75, 3.05) is 24.5 Å². The zero-order valence-corrected chi connectivity index (χ0v) is 26.2. The van der Waals surface area contributed by atoms with Crippen molar-refractivity contribution in [3.63, 3.8) is 0 Å². The Kier molecular flexibility index (Phi) is 8.17. The zero-order chi connectivity index (χ0) is 33.0. The first-order valence-corrected chi connectivity index (χ1v) is 15.4. The molecule has 0 bridgehead atoms. The highest BCUT2D eigenvalue weighted by molar-refractivity contribution is 6.10. The first-order chi connectivity index (χ1) is 21.8. The number of rotatable bonds is 7. The third kappa shape index (κ3) is 5.55. The monoisotopic (exact) mass is 636 g/mol. The first-order valence-electron chi connectivity index (χ1n) is 15.4. The van der Waals surface area contributed by atoms with E-state index in [1.54, 1.807) is 19.3 Å². The normalized spacial score (nSPS) is 24.8. The molecule has 2 fully saturated rings. The van der Waals surface area contributed by atoms with Crippen LogP contribution >= 0.6 is 0 Å². The highest BCUT2D eigenvalue weighted by Crippen LogP contribution is 2.52. The fourth-order valence-corrected chi connectivity index (χ4v) is 7.33. The number of carbonyl (C=O) groups excluding carboxylic acids is 2. The van der Waals surface area contributed by atoms with E-state index < -0.39 is 47.1 Å². The van der Waals surface area contributed by atoms with Crippen LogP contribution in [0.25, 0.3) is 0 Å². The lowest BCUT2D eigenvalue weighted by Crippen LogP contribution is -2.43. The quantitative estimate of drug-likeness (QED) is 0.286. The molecule has 1 saturated heterocycles. The molecule has 2 aliphatic heterocycles. The van der Waals surface area contributed by atoms with E-state index >= 15 is 0 Å². The highest BCUT2D eigenvalue weighted by Gasteiger charge is 2.48. The average molecular weight is 637 g/mol. The third-order valence-electron chi connectivity index (χ3n) is 9.68. The topological polar surface area (TPSA) is 83.4 Å². The number of likely N-dealkylation sites (tertiary alicyclic amines) is 1. The number of nitrogens with one attached hydrogen (secondary N) is 1. The maximum Gasteiger partial charge on any atom is 0.416 e. The largest absolute Gasteiger partial charge is 0.416 e. The molecule has 242 valence electrons. The van der Waals surface area contributed by atoms with Gasteiger partial charge in [-0.2, -0.15) is 13.2 Å². The van der Waals surface area contributed by atoms with Crippen LogP contribution in [-0.4, -0.2) is 57.3 Å². The minimum absolute atomic E-state index is 0.00306. The number of nitrogens with zero attached hydrogens (tertiary/aromatic N) is 5. The second kappa shape index (κ2) is 11.8. The van der Waals surface area contributed by atoms with E-state index in [1.165, 1.54) is 22.8 Å². The minimum Gasteiger partial charge on any atom is -0.329 e. The second-order valence-corrected chi connectivity index (χ2v) is 12.9. The van der Waals surface area contributed by atoms with Gasteiger partial charge in [0.05, 0.1) is 24.1 Å². The molecule has 3 aliphatic rings. The van der Waals surface area contributed by atoms with Crippen LogP contribution in [0.4, 0.5) is 23.2 Å². The van der Waals surface area contributed by atoms with Crippen LogP contribution in [0.2, 0.25) is 0 Å². The summed E-state index contributed by atoms with van der Waals surface area (Å²) in [6.45, 7) is 5.39. The molecule has 8 nitrogen and oxygen atoms in total. The number of hydrogen-bond donors (Lipinski definition) is 1. The van der Waals surface area contributed by atoms with Crippen LogP contribution in [0.1, 0.15) is 78.1 Å². The molecule has 12 heteroatoms. The van der Waals surface area contributed by atoms with Crippen LogP contribution in [0.5, 0.6) is 0 Å². The summed E-state index contributed by atoms with van der Waals surface area (Å²) in [4.78, 5) is 28.6. The summed E-state index contributed by atoms with van der Waals surface area (Å²) < 4.78 is 59.9. The van der Waals surface area contributed by atoms with Crippen LogP contribution in [-0.2, 0) is 30.0 Å². The molecule has 1 saturated carbocycles. The fourth-order valence-electron chi connectivity index (χ4n) is 7.33. The Morgan fingerprint density at radius 2 is 1.96 bits per heavy atom. The van der Waals surface area contributed by atoms with Crippen molar-refractivity contribution in [1.82, 2.24) is 25.0 Å². The smallest absolute Gasteiger partial charge is 0.329 e. The minimum atomic E-state index is -4.69. The lowest BCUT2D eigenvalue weighted by atomic mass is 9.58. The Morgan fingerprint density at radius 3 is 2.61 bits per heavy atom. The van der Waals surface area contributed by atoms with Gasteiger partial charge in [-0.25, -0.2) is 4.39 Å². The molecule has 2 aromatic carbocycles. The van der Waals surface area contributed by atoms with Gasteiger partial charge >= 0.3 is 6.18 Å². The molecule has 1 N–H and O–H groups in total. The molecule has 6 rings (SSSR count). The second-order valence-electron chi connectivity index (χ2n) is 12.9. The summed E-state index contributed by atoms with van der Waals surface area (Å²) >= 11 is 0. The average Bonchev–Trinajstić information content (AvgIpc) is 3.70. The number of fused-ring (bicyclic) bond motifs is 1. The van der Waals surface area contributed by atoms with Crippen LogP contribution in [0.3, 0.4) is 0 Å². The van der Waals surface area contributed by atoms with E-state index in [0.29, 0.717) is 11.6 Å². The van der Waals surface area contributed by atoms with Gasteiger partial charge in [-0.3, -0.25) is 9.59 Å². The highest BCUT2D eigenvalue weighted by atomic mass is 19.4. The van der Waals surface area contributed by atoms with Gasteiger partial charge in [-0.1, -0.05) is 25.0 Å². The van der Waals surface area contributed by atoms with Crippen molar-refractivity contribution in [3.8, 4) is 11.8 Å². The molecule has 0 unspecified atom stereocenters. The SMILES string of the molecule is CC#CC(=O)N1C[C@H](CN[C@@H](C)c2cc3c(c(C(F)(F)F)c2)CN(c2cccc(C4(c5nncn5C)CC(C)C4)c2)C3=O)[C@H](F)C1. The van der Waals surface area contributed by atoms with Gasteiger partial charge in [0.1, 0.15) is 18.3 Å². The fraction of sp³-hybridized carbons (Fsp3) is 0.471. The van der Waals surface area contributed by atoms with Gasteiger partial charge in [-0.05, 0) is 79.5 Å². The summed E-state index contributed by atoms with van der Waals surface area (Å²) in [6, 6.07) is 9.41. The molecule has 0 spiro atoms. The summed E-state index contributed by atoms with van der Waals surface area (Å²) in [5.74, 6) is 4.71. The molecule has 3 aromatic rings. The molecule has 1 aliphatic carbocycles. The number of hydrogen-bond acceptors (Lipinski definition) is 5. The van der Waals surface area contributed by atoms with E-state index in [1.807, 2.05) is 29.8 Å². The van der Waals surface area contributed by atoms with Crippen molar-refractivity contribution >= 4 is 17.5 Å². The molecule has 3 atom stereocenters. The predicted molar refractivity (Wildman–Crippen MR) is 163 cm³/mol. The van der Waals surface area contributed by atoms with E-state index in [-0.39, 0.29) is 42.9 Å². The van der Waals surface area contributed by atoms with E-state index in [0.717, 1.165) is 30.3 Å². The molecule has 2 amide bonds. The van der Waals surface area contributed by atoms with Gasteiger partial charge < -0.3 is 19.7 Å². The lowest BCUT2D eigenvalue weighted by molar-refractivity contribution is -0.138. The third-order valence-corrected chi connectivity index (χ3v) is 9.68. The van der Waals surface area contributed by atoms with Crippen molar-refractivity contribution in [2.24, 2.45) is 18.9 Å². The van der Waals surface area contributed by atoms with Crippen LogP contribution < -0.4 is 10.2 Å². The van der Waals surface area contributed by atoms with Gasteiger partial charge in [0.25, 0.3) is 11.8 Å². The standard InChI is InChI=1S/C34H36F4N6O2/c1-5-7-30(45)43-16-23(29(35)18-43)15-39-21(3)22-10-26-27(28(11-22)34(36,37)38)17-44(31(26)46)25-9-6-8-24(12-25)33(13-20(2)14-33)32-41-40-19-42(32)4/h6,8-12,19-21,23,29,39H,13-18H2,1-4H3/t20?,21-,23-,29+,33?/m0/s1. The molecule has 1 aromatic heterocycles. The Morgan fingerprint density at radius 1 is 1.20 bits per heavy atom. The Bertz CT molecular complexity index is 1730. The lowest BCUT2D eigenvalue weighted by Gasteiger charge is -2.46. The maximum atomic E-state index is 14.7. The number of aromatic nitrogens is 3. The molecular weight excluding hydrogens is 600 g/mol. The Hall–Kier alpha value is -4.24. The molecular formula is C34H36F4N6O2. The van der Waals surface area contributed by atoms with Crippen molar-refractivity contribution < 1.29 is 27.2 Å². The molecule has 46 heavy (non-hydrogen) atoms. The Balaban J connectivity index is 1.25. The number of anilines is 1. The number of halogens is 4. The number of alkyl halides is 4. The van der Waals surface area contributed by atoms with Crippen molar-refractivity contribution in [3.05, 3.63) is 76.4 Å². The van der Waals surface area contributed by atoms with E-state index in [9.17, 15) is 27.2 Å². The van der Waals surface area contributed by atoms with Crippen molar-refractivity contribution in [1.29, 1.82) is 0 Å². The predicted octanol–water partition coefficient (Wildman–Crippen LogP) is 5.18. The maximum absolute atomic E-state index is 14.7. The van der Waals surface area contributed by atoms with Gasteiger partial charge in [0, 0.05) is 43.3 Å². The van der Waals surface area contributed by atoms with Crippen LogP contribution in [0, 0.1) is 23.7 Å². The van der Waals surface area contributed by atoms with Gasteiger partial charge in [0.15, 0.2) is 0 Å². The number of amides is 2. The summed E-state index contributed by atoms with van der Waals surface area (Å²) in [5.41, 5.74) is 0.419. The van der Waals surface area contributed by atoms with E-state index in [2.05, 4.69) is 34.3 Å². The zero-order valence-electron chi connectivity index (χ0n) is 26.2. The summed E-state index contributed by atoms with van der Waals surface area (Å²) in [6.07, 6.45) is -2.64.